The van der Waals surface area contributed by atoms with E-state index < -0.39 is 0 Å². The van der Waals surface area contributed by atoms with E-state index >= 15 is 0 Å². The van der Waals surface area contributed by atoms with Crippen molar-refractivity contribution in [2.24, 2.45) is 0 Å². The number of aromatic nitrogens is 2. The quantitative estimate of drug-likeness (QED) is 0.932. The highest BCUT2D eigenvalue weighted by Gasteiger charge is 2.14. The first kappa shape index (κ1) is 14.7. The van der Waals surface area contributed by atoms with Gasteiger partial charge in [-0.2, -0.15) is 10.2 Å². The standard InChI is InChI=1S/C15H16BrN3O/c1-4-13-12(7-10(3)18-19-13)15(20)17-14-8-11(16)6-5-9(14)2/h5-8H,4H2,1-3H3,(H,17,20). The van der Waals surface area contributed by atoms with Crippen LogP contribution in [0.4, 0.5) is 5.69 Å². The van der Waals surface area contributed by atoms with Gasteiger partial charge >= 0.3 is 0 Å². The van der Waals surface area contributed by atoms with Crippen LogP contribution >= 0.6 is 15.9 Å². The van der Waals surface area contributed by atoms with E-state index in [0.717, 1.165) is 21.4 Å². The van der Waals surface area contributed by atoms with E-state index in [1.165, 1.54) is 0 Å². The number of nitrogens with zero attached hydrogens (tertiary/aromatic N) is 2. The van der Waals surface area contributed by atoms with E-state index in [-0.39, 0.29) is 5.91 Å². The second-order valence-corrected chi connectivity index (χ2v) is 5.53. The molecular weight excluding hydrogens is 318 g/mol. The van der Waals surface area contributed by atoms with Crippen molar-refractivity contribution in [1.82, 2.24) is 10.2 Å². The number of nitrogens with one attached hydrogen (secondary N) is 1. The third-order valence-corrected chi connectivity index (χ3v) is 3.51. The second kappa shape index (κ2) is 6.13. The van der Waals surface area contributed by atoms with Crippen LogP contribution in [-0.4, -0.2) is 16.1 Å². The van der Waals surface area contributed by atoms with Gasteiger partial charge in [-0.3, -0.25) is 4.79 Å². The van der Waals surface area contributed by atoms with Crippen LogP contribution in [0.15, 0.2) is 28.7 Å². The van der Waals surface area contributed by atoms with Crippen LogP contribution in [-0.2, 0) is 6.42 Å². The van der Waals surface area contributed by atoms with Crippen LogP contribution in [0, 0.1) is 13.8 Å². The summed E-state index contributed by atoms with van der Waals surface area (Å²) < 4.78 is 0.929. The normalized spacial score (nSPS) is 10.4. The maximum absolute atomic E-state index is 12.4. The van der Waals surface area contributed by atoms with Gasteiger partial charge in [0, 0.05) is 10.2 Å². The van der Waals surface area contributed by atoms with Gasteiger partial charge < -0.3 is 5.32 Å². The molecule has 0 saturated heterocycles. The van der Waals surface area contributed by atoms with Crippen molar-refractivity contribution in [2.45, 2.75) is 27.2 Å². The van der Waals surface area contributed by atoms with Gasteiger partial charge in [-0.1, -0.05) is 28.9 Å². The summed E-state index contributed by atoms with van der Waals surface area (Å²) in [7, 11) is 0. The molecule has 0 fully saturated rings. The largest absolute Gasteiger partial charge is 0.322 e. The molecule has 0 bridgehead atoms. The molecular formula is C15H16BrN3O. The van der Waals surface area contributed by atoms with Gasteiger partial charge in [0.2, 0.25) is 0 Å². The Bertz CT molecular complexity index is 656. The fourth-order valence-corrected chi connectivity index (χ4v) is 2.25. The van der Waals surface area contributed by atoms with Gasteiger partial charge in [-0.15, -0.1) is 0 Å². The van der Waals surface area contributed by atoms with Gasteiger partial charge in [0.1, 0.15) is 0 Å². The highest BCUT2D eigenvalue weighted by atomic mass is 79.9. The Balaban J connectivity index is 2.32. The molecule has 0 saturated carbocycles. The van der Waals surface area contributed by atoms with Crippen molar-refractivity contribution in [3.8, 4) is 0 Å². The second-order valence-electron chi connectivity index (χ2n) is 4.61. The van der Waals surface area contributed by atoms with Gasteiger partial charge in [-0.05, 0) is 44.0 Å². The van der Waals surface area contributed by atoms with Crippen molar-refractivity contribution in [2.75, 3.05) is 5.32 Å². The Morgan fingerprint density at radius 1 is 1.25 bits per heavy atom. The summed E-state index contributed by atoms with van der Waals surface area (Å²) >= 11 is 3.41. The Labute approximate surface area is 126 Å². The van der Waals surface area contributed by atoms with E-state index in [1.807, 2.05) is 39.0 Å². The summed E-state index contributed by atoms with van der Waals surface area (Å²) in [6.45, 7) is 5.74. The van der Waals surface area contributed by atoms with Crippen LogP contribution in [0.25, 0.3) is 0 Å². The maximum atomic E-state index is 12.4. The molecule has 20 heavy (non-hydrogen) atoms. The fraction of sp³-hybridized carbons (Fsp3) is 0.267. The summed E-state index contributed by atoms with van der Waals surface area (Å²) in [5.41, 5.74) is 3.83. The van der Waals surface area contributed by atoms with Gasteiger partial charge in [0.05, 0.1) is 17.0 Å². The van der Waals surface area contributed by atoms with E-state index in [4.69, 9.17) is 0 Å². The third kappa shape index (κ3) is 3.22. The predicted octanol–water partition coefficient (Wildman–Crippen LogP) is 3.67. The summed E-state index contributed by atoms with van der Waals surface area (Å²) in [4.78, 5) is 12.4. The number of carbonyl (C=O) groups is 1. The van der Waals surface area contributed by atoms with Crippen molar-refractivity contribution in [3.63, 3.8) is 0 Å². The van der Waals surface area contributed by atoms with Gasteiger partial charge in [0.25, 0.3) is 5.91 Å². The third-order valence-electron chi connectivity index (χ3n) is 3.02. The van der Waals surface area contributed by atoms with Crippen LogP contribution in [0.1, 0.15) is 34.2 Å². The lowest BCUT2D eigenvalue weighted by Gasteiger charge is -2.11. The summed E-state index contributed by atoms with van der Waals surface area (Å²) in [6, 6.07) is 7.56. The monoisotopic (exact) mass is 333 g/mol. The molecule has 0 aliphatic carbocycles. The molecule has 2 rings (SSSR count). The molecule has 1 aromatic carbocycles. The molecule has 1 amide bonds. The lowest BCUT2D eigenvalue weighted by atomic mass is 10.1. The number of hydrogen-bond donors (Lipinski definition) is 1. The Morgan fingerprint density at radius 3 is 2.70 bits per heavy atom. The van der Waals surface area contributed by atoms with Crippen LogP contribution in [0.5, 0.6) is 0 Å². The minimum Gasteiger partial charge on any atom is -0.322 e. The molecule has 1 heterocycles. The van der Waals surface area contributed by atoms with Gasteiger partial charge in [-0.25, -0.2) is 0 Å². The highest BCUT2D eigenvalue weighted by molar-refractivity contribution is 9.10. The lowest BCUT2D eigenvalue weighted by Crippen LogP contribution is -2.16. The molecule has 0 unspecified atom stereocenters. The molecule has 1 N–H and O–H groups in total. The Hall–Kier alpha value is -1.75. The molecule has 2 aromatic rings. The zero-order chi connectivity index (χ0) is 14.7. The molecule has 0 radical (unpaired) electrons. The molecule has 0 aliphatic rings. The first-order chi connectivity index (χ1) is 9.51. The Kier molecular flexibility index (Phi) is 4.49. The molecule has 4 nitrogen and oxygen atoms in total. The average Bonchev–Trinajstić information content (AvgIpc) is 2.42. The molecule has 1 aromatic heterocycles. The SMILES string of the molecule is CCc1nnc(C)cc1C(=O)Nc1cc(Br)ccc1C. The average molecular weight is 334 g/mol. The number of aryl methyl sites for hydroxylation is 3. The number of rotatable bonds is 3. The fourth-order valence-electron chi connectivity index (χ4n) is 1.89. The number of hydrogen-bond acceptors (Lipinski definition) is 3. The van der Waals surface area contributed by atoms with Crippen LogP contribution < -0.4 is 5.32 Å². The van der Waals surface area contributed by atoms with E-state index in [0.29, 0.717) is 17.7 Å². The van der Waals surface area contributed by atoms with Crippen LogP contribution in [0.3, 0.4) is 0 Å². The van der Waals surface area contributed by atoms with E-state index in [9.17, 15) is 4.79 Å². The Morgan fingerprint density at radius 2 is 2.00 bits per heavy atom. The molecule has 104 valence electrons. The number of amides is 1. The van der Waals surface area contributed by atoms with Crippen molar-refractivity contribution >= 4 is 27.5 Å². The maximum Gasteiger partial charge on any atom is 0.257 e. The predicted molar refractivity (Wildman–Crippen MR) is 83.0 cm³/mol. The first-order valence-electron chi connectivity index (χ1n) is 6.42. The van der Waals surface area contributed by atoms with Crippen LogP contribution in [0.2, 0.25) is 0 Å². The number of halogens is 1. The van der Waals surface area contributed by atoms with Crippen molar-refractivity contribution in [1.29, 1.82) is 0 Å². The molecule has 5 heteroatoms. The number of benzene rings is 1. The minimum atomic E-state index is -0.152. The van der Waals surface area contributed by atoms with Crippen molar-refractivity contribution < 1.29 is 4.79 Å². The molecule has 0 spiro atoms. The minimum absolute atomic E-state index is 0.152. The number of carbonyl (C=O) groups excluding carboxylic acids is 1. The summed E-state index contributed by atoms with van der Waals surface area (Å²) in [6.07, 6.45) is 0.674. The van der Waals surface area contributed by atoms with Crippen molar-refractivity contribution in [3.05, 3.63) is 51.3 Å². The zero-order valence-corrected chi connectivity index (χ0v) is 13.3. The lowest BCUT2D eigenvalue weighted by molar-refractivity contribution is 0.102. The number of anilines is 1. The first-order valence-corrected chi connectivity index (χ1v) is 7.21. The topological polar surface area (TPSA) is 54.9 Å². The smallest absolute Gasteiger partial charge is 0.257 e. The molecule has 0 aliphatic heterocycles. The van der Waals surface area contributed by atoms with Gasteiger partial charge in [0.15, 0.2) is 0 Å². The molecule has 0 atom stereocenters. The van der Waals surface area contributed by atoms with E-state index in [1.54, 1.807) is 6.07 Å². The summed E-state index contributed by atoms with van der Waals surface area (Å²) in [5, 5.41) is 11.0. The summed E-state index contributed by atoms with van der Waals surface area (Å²) in [5.74, 6) is -0.152. The zero-order valence-electron chi connectivity index (χ0n) is 11.7. The highest BCUT2D eigenvalue weighted by Crippen LogP contribution is 2.21. The van der Waals surface area contributed by atoms with E-state index in [2.05, 4.69) is 31.4 Å².